The van der Waals surface area contributed by atoms with Crippen molar-refractivity contribution in [3.05, 3.63) is 123 Å². The first kappa shape index (κ1) is 31.6. The highest BCUT2D eigenvalue weighted by Gasteiger charge is 2.24. The van der Waals surface area contributed by atoms with Crippen molar-refractivity contribution in [1.29, 1.82) is 0 Å². The zero-order valence-corrected chi connectivity index (χ0v) is 25.7. The summed E-state index contributed by atoms with van der Waals surface area (Å²) in [6.45, 7) is -0.141. The Morgan fingerprint density at radius 1 is 0.804 bits per heavy atom. The summed E-state index contributed by atoms with van der Waals surface area (Å²) in [6, 6.07) is 24.5. The van der Waals surface area contributed by atoms with Gasteiger partial charge in [-0.25, -0.2) is 4.79 Å². The minimum atomic E-state index is -0.686. The Labute approximate surface area is 265 Å². The molecule has 236 valence electrons. The van der Waals surface area contributed by atoms with Gasteiger partial charge in [-0.2, -0.15) is 0 Å². The standard InChI is InChI=1S/C35H34N4O7/c1-44-26-11-7-8-22(14-26)20-39-33-25(12-13-29(32(33)37-35(39)43)34(42)24-9-5-4-6-10-24)17-31(41)38(21-30(36)40)19-23-15-27(45-2)18-28(16-23)46-3/h4-16,18H,17,19-21H2,1-3H3,(H2,36,40)(H,37,43). The first-order chi connectivity index (χ1) is 22.2. The van der Waals surface area contributed by atoms with Gasteiger partial charge in [0.1, 0.15) is 17.2 Å². The van der Waals surface area contributed by atoms with Gasteiger partial charge in [-0.05, 0) is 47.0 Å². The maximum Gasteiger partial charge on any atom is 0.326 e. The van der Waals surface area contributed by atoms with E-state index in [9.17, 15) is 19.2 Å². The molecule has 5 aromatic rings. The van der Waals surface area contributed by atoms with Crippen LogP contribution in [0.15, 0.2) is 89.7 Å². The zero-order valence-electron chi connectivity index (χ0n) is 25.7. The number of aromatic amines is 1. The van der Waals surface area contributed by atoms with Crippen molar-refractivity contribution in [3.8, 4) is 17.2 Å². The lowest BCUT2D eigenvalue weighted by Gasteiger charge is -2.22. The topological polar surface area (TPSA) is 146 Å². The van der Waals surface area contributed by atoms with Crippen molar-refractivity contribution >= 4 is 28.6 Å². The Kier molecular flexibility index (Phi) is 9.51. The van der Waals surface area contributed by atoms with E-state index in [4.69, 9.17) is 19.9 Å². The molecule has 1 heterocycles. The number of ketones is 1. The molecule has 0 radical (unpaired) electrons. The second kappa shape index (κ2) is 13.9. The summed E-state index contributed by atoms with van der Waals surface area (Å²) in [4.78, 5) is 57.2. The number of rotatable bonds is 13. The van der Waals surface area contributed by atoms with Gasteiger partial charge in [-0.15, -0.1) is 0 Å². The number of aromatic nitrogens is 2. The van der Waals surface area contributed by atoms with Crippen LogP contribution >= 0.6 is 0 Å². The number of nitrogens with zero attached hydrogens (tertiary/aromatic N) is 2. The Bertz CT molecular complexity index is 1940. The minimum absolute atomic E-state index is 0.0484. The first-order valence-electron chi connectivity index (χ1n) is 14.5. The van der Waals surface area contributed by atoms with Crippen molar-refractivity contribution in [1.82, 2.24) is 14.5 Å². The van der Waals surface area contributed by atoms with Gasteiger partial charge in [0, 0.05) is 23.7 Å². The lowest BCUT2D eigenvalue weighted by Crippen LogP contribution is -2.39. The molecule has 5 rings (SSSR count). The third-order valence-electron chi connectivity index (χ3n) is 7.59. The van der Waals surface area contributed by atoms with Gasteiger partial charge in [-0.3, -0.25) is 19.0 Å². The Balaban J connectivity index is 1.58. The highest BCUT2D eigenvalue weighted by atomic mass is 16.5. The number of nitrogens with two attached hydrogens (primary N) is 1. The van der Waals surface area contributed by atoms with E-state index >= 15 is 0 Å². The highest BCUT2D eigenvalue weighted by molar-refractivity contribution is 6.15. The third kappa shape index (κ3) is 6.94. The number of ether oxygens (including phenoxy) is 3. The van der Waals surface area contributed by atoms with Crippen LogP contribution in [0, 0.1) is 0 Å². The van der Waals surface area contributed by atoms with E-state index in [2.05, 4.69) is 4.98 Å². The molecule has 4 aromatic carbocycles. The number of H-pyrrole nitrogens is 1. The van der Waals surface area contributed by atoms with Crippen LogP contribution in [0.2, 0.25) is 0 Å². The van der Waals surface area contributed by atoms with Gasteiger partial charge in [0.05, 0.1) is 51.9 Å². The van der Waals surface area contributed by atoms with E-state index in [1.165, 1.54) is 23.7 Å². The molecule has 46 heavy (non-hydrogen) atoms. The van der Waals surface area contributed by atoms with Gasteiger partial charge in [0.15, 0.2) is 5.78 Å². The van der Waals surface area contributed by atoms with Crippen LogP contribution < -0.4 is 25.6 Å². The number of hydrogen-bond acceptors (Lipinski definition) is 7. The van der Waals surface area contributed by atoms with E-state index in [1.807, 2.05) is 24.3 Å². The fourth-order valence-electron chi connectivity index (χ4n) is 5.40. The van der Waals surface area contributed by atoms with E-state index in [0.29, 0.717) is 45.0 Å². The Hall–Kier alpha value is -5.84. The summed E-state index contributed by atoms with van der Waals surface area (Å²) in [5.41, 5.74) is 8.49. The molecule has 0 spiro atoms. The molecular weight excluding hydrogens is 588 g/mol. The molecule has 11 heteroatoms. The monoisotopic (exact) mass is 622 g/mol. The van der Waals surface area contributed by atoms with E-state index in [0.717, 1.165) is 5.56 Å². The molecule has 0 aliphatic heterocycles. The van der Waals surface area contributed by atoms with Gasteiger partial charge in [-0.1, -0.05) is 48.5 Å². The Morgan fingerprint density at radius 3 is 2.13 bits per heavy atom. The van der Waals surface area contributed by atoms with Crippen LogP contribution in [0.5, 0.6) is 17.2 Å². The van der Waals surface area contributed by atoms with Crippen molar-refractivity contribution in [2.24, 2.45) is 5.73 Å². The predicted octanol–water partition coefficient (Wildman–Crippen LogP) is 3.69. The van der Waals surface area contributed by atoms with Crippen molar-refractivity contribution in [2.45, 2.75) is 19.5 Å². The SMILES string of the molecule is COc1cccc(Cn2c(=O)[nH]c3c(C(=O)c4ccccc4)ccc(CC(=O)N(CC(N)=O)Cc4cc(OC)cc(OC)c4)c32)c1. The number of nitrogens with one attached hydrogen (secondary N) is 1. The van der Waals surface area contributed by atoms with Crippen LogP contribution in [0.4, 0.5) is 0 Å². The number of imidazole rings is 1. The smallest absolute Gasteiger partial charge is 0.326 e. The largest absolute Gasteiger partial charge is 0.497 e. The summed E-state index contributed by atoms with van der Waals surface area (Å²) in [6.07, 6.45) is -0.180. The molecule has 0 fully saturated rings. The number of fused-ring (bicyclic) bond motifs is 1. The summed E-state index contributed by atoms with van der Waals surface area (Å²) in [5, 5.41) is 0. The summed E-state index contributed by atoms with van der Waals surface area (Å²) in [5.74, 6) is 0.294. The van der Waals surface area contributed by atoms with Gasteiger partial charge in [0.2, 0.25) is 11.8 Å². The second-order valence-electron chi connectivity index (χ2n) is 10.7. The quantitative estimate of drug-likeness (QED) is 0.191. The molecule has 0 atom stereocenters. The van der Waals surface area contributed by atoms with E-state index in [1.54, 1.807) is 67.8 Å². The lowest BCUT2D eigenvalue weighted by atomic mass is 9.98. The molecule has 0 unspecified atom stereocenters. The molecule has 0 saturated carbocycles. The number of methoxy groups -OCH3 is 3. The van der Waals surface area contributed by atoms with E-state index in [-0.39, 0.29) is 37.4 Å². The average Bonchev–Trinajstić information content (AvgIpc) is 3.39. The van der Waals surface area contributed by atoms with Crippen LogP contribution in [0.25, 0.3) is 11.0 Å². The maximum absolute atomic E-state index is 13.9. The number of amides is 2. The maximum atomic E-state index is 13.9. The zero-order chi connectivity index (χ0) is 32.8. The molecule has 3 N–H and O–H groups in total. The normalized spacial score (nSPS) is 10.8. The molecule has 0 aliphatic carbocycles. The highest BCUT2D eigenvalue weighted by Crippen LogP contribution is 2.27. The summed E-state index contributed by atoms with van der Waals surface area (Å²) >= 11 is 0. The van der Waals surface area contributed by atoms with Gasteiger partial charge in [0.25, 0.3) is 0 Å². The van der Waals surface area contributed by atoms with Gasteiger partial charge >= 0.3 is 5.69 Å². The summed E-state index contributed by atoms with van der Waals surface area (Å²) < 4.78 is 17.6. The van der Waals surface area contributed by atoms with Crippen LogP contribution in [-0.2, 0) is 29.1 Å². The molecule has 0 aliphatic rings. The van der Waals surface area contributed by atoms with E-state index < -0.39 is 17.5 Å². The number of hydrogen-bond donors (Lipinski definition) is 2. The van der Waals surface area contributed by atoms with Crippen LogP contribution in [0.1, 0.15) is 32.6 Å². The lowest BCUT2D eigenvalue weighted by molar-refractivity contribution is -0.135. The number of benzene rings is 4. The Morgan fingerprint density at radius 2 is 1.48 bits per heavy atom. The van der Waals surface area contributed by atoms with Crippen molar-refractivity contribution < 1.29 is 28.6 Å². The number of carbonyl (C=O) groups excluding carboxylic acids is 3. The molecule has 0 bridgehead atoms. The van der Waals surface area contributed by atoms with Gasteiger partial charge < -0.3 is 29.8 Å². The minimum Gasteiger partial charge on any atom is -0.497 e. The second-order valence-corrected chi connectivity index (χ2v) is 10.7. The molecule has 11 nitrogen and oxygen atoms in total. The van der Waals surface area contributed by atoms with Crippen molar-refractivity contribution in [2.75, 3.05) is 27.9 Å². The predicted molar refractivity (Wildman–Crippen MR) is 172 cm³/mol. The fourth-order valence-corrected chi connectivity index (χ4v) is 5.40. The molecule has 2 amide bonds. The first-order valence-corrected chi connectivity index (χ1v) is 14.5. The average molecular weight is 623 g/mol. The molecule has 0 saturated heterocycles. The van der Waals surface area contributed by atoms with Crippen molar-refractivity contribution in [3.63, 3.8) is 0 Å². The number of primary amides is 1. The van der Waals surface area contributed by atoms with Crippen LogP contribution in [-0.4, -0.2) is 59.9 Å². The number of carbonyl (C=O) groups is 3. The fraction of sp³-hybridized carbons (Fsp3) is 0.200. The third-order valence-corrected chi connectivity index (χ3v) is 7.59. The molecule has 1 aromatic heterocycles. The summed E-state index contributed by atoms with van der Waals surface area (Å²) in [7, 11) is 4.59. The molecular formula is C35H34N4O7. The van der Waals surface area contributed by atoms with Crippen LogP contribution in [0.3, 0.4) is 0 Å².